The summed E-state index contributed by atoms with van der Waals surface area (Å²) in [5.41, 5.74) is -3.04. The number of carbonyl (C=O) groups excluding carboxylic acids is 2. The van der Waals surface area contributed by atoms with Crippen molar-refractivity contribution in [3.05, 3.63) is 53.5 Å². The quantitative estimate of drug-likeness (QED) is 0.423. The van der Waals surface area contributed by atoms with Gasteiger partial charge in [0.1, 0.15) is 29.0 Å². The van der Waals surface area contributed by atoms with Gasteiger partial charge in [0, 0.05) is 24.3 Å². The van der Waals surface area contributed by atoms with Crippen LogP contribution in [0.5, 0.6) is 5.75 Å². The summed E-state index contributed by atoms with van der Waals surface area (Å²) in [6.07, 6.45) is -5.65. The maximum absolute atomic E-state index is 13.5. The number of amides is 2. The number of carbonyl (C=O) groups is 2. The van der Waals surface area contributed by atoms with E-state index in [1.54, 1.807) is 6.07 Å². The molecule has 41 heavy (non-hydrogen) atoms. The molecule has 14 heteroatoms. The summed E-state index contributed by atoms with van der Waals surface area (Å²) in [6.45, 7) is 3.50. The zero-order valence-electron chi connectivity index (χ0n) is 22.4. The Kier molecular flexibility index (Phi) is 8.16. The van der Waals surface area contributed by atoms with Crippen molar-refractivity contribution >= 4 is 17.6 Å². The van der Waals surface area contributed by atoms with Crippen LogP contribution >= 0.6 is 0 Å². The lowest BCUT2D eigenvalue weighted by Crippen LogP contribution is -2.55. The molecule has 2 amide bonds. The Bertz CT molecular complexity index is 1270. The van der Waals surface area contributed by atoms with Gasteiger partial charge in [0.2, 0.25) is 0 Å². The van der Waals surface area contributed by atoms with Gasteiger partial charge in [-0.2, -0.15) is 26.3 Å². The van der Waals surface area contributed by atoms with Crippen LogP contribution in [0.25, 0.3) is 0 Å². The van der Waals surface area contributed by atoms with Crippen LogP contribution in [0.3, 0.4) is 0 Å². The minimum Gasteiger partial charge on any atom is -0.477 e. The highest BCUT2D eigenvalue weighted by Crippen LogP contribution is 2.40. The molecule has 2 fully saturated rings. The van der Waals surface area contributed by atoms with E-state index in [-0.39, 0.29) is 23.7 Å². The highest BCUT2D eigenvalue weighted by atomic mass is 19.4. The first-order valence-corrected chi connectivity index (χ1v) is 12.9. The number of hydrogen-bond acceptors (Lipinski definition) is 5. The van der Waals surface area contributed by atoms with Gasteiger partial charge in [-0.3, -0.25) is 9.59 Å². The third-order valence-electron chi connectivity index (χ3n) is 7.34. The Morgan fingerprint density at radius 3 is 2.20 bits per heavy atom. The van der Waals surface area contributed by atoms with Crippen LogP contribution in [0, 0.1) is 5.82 Å². The van der Waals surface area contributed by atoms with Crippen LogP contribution < -0.4 is 20.3 Å². The number of fused-ring (bicyclic) bond motifs is 2. The molecule has 0 saturated carbocycles. The van der Waals surface area contributed by atoms with Gasteiger partial charge < -0.3 is 20.3 Å². The number of nitrogens with zero attached hydrogens (tertiary/aromatic N) is 2. The van der Waals surface area contributed by atoms with E-state index in [1.165, 1.54) is 26.1 Å². The summed E-state index contributed by atoms with van der Waals surface area (Å²) < 4.78 is 97.3. The second kappa shape index (κ2) is 11.0. The fourth-order valence-corrected chi connectivity index (χ4v) is 5.20. The van der Waals surface area contributed by atoms with Gasteiger partial charge in [-0.25, -0.2) is 9.37 Å². The molecule has 2 bridgehead atoms. The minimum atomic E-state index is -4.88. The summed E-state index contributed by atoms with van der Waals surface area (Å²) in [7, 11) is 0. The Morgan fingerprint density at radius 2 is 1.66 bits per heavy atom. The number of benzene rings is 1. The number of piperidine rings is 1. The molecule has 0 radical (unpaired) electrons. The Balaban J connectivity index is 1.39. The Morgan fingerprint density at radius 1 is 1.02 bits per heavy atom. The van der Waals surface area contributed by atoms with Crippen molar-refractivity contribution in [2.75, 3.05) is 4.90 Å². The van der Waals surface area contributed by atoms with Crippen LogP contribution in [-0.2, 0) is 11.0 Å². The fourth-order valence-electron chi connectivity index (χ4n) is 5.20. The molecule has 2 saturated heterocycles. The van der Waals surface area contributed by atoms with Crippen LogP contribution in [0.15, 0.2) is 36.5 Å². The lowest BCUT2D eigenvalue weighted by Gasteiger charge is -2.41. The molecule has 3 heterocycles. The number of hydrogen-bond donors (Lipinski definition) is 2. The number of ether oxygens (including phenoxy) is 1. The summed E-state index contributed by atoms with van der Waals surface area (Å²) in [6, 6.07) is 2.55. The van der Waals surface area contributed by atoms with Crippen molar-refractivity contribution in [1.82, 2.24) is 15.6 Å². The van der Waals surface area contributed by atoms with Gasteiger partial charge >= 0.3 is 12.4 Å². The Hall–Kier alpha value is -3.58. The van der Waals surface area contributed by atoms with E-state index in [0.717, 1.165) is 31.9 Å². The van der Waals surface area contributed by atoms with Gasteiger partial charge in [-0.05, 0) is 76.8 Å². The van der Waals surface area contributed by atoms with Crippen molar-refractivity contribution < 1.29 is 45.1 Å². The average Bonchev–Trinajstić information content (AvgIpc) is 3.13. The first-order valence-electron chi connectivity index (χ1n) is 12.9. The van der Waals surface area contributed by atoms with E-state index in [1.807, 2.05) is 5.32 Å². The highest BCUT2D eigenvalue weighted by molar-refractivity contribution is 5.94. The van der Waals surface area contributed by atoms with Gasteiger partial charge in [0.15, 0.2) is 5.60 Å². The van der Waals surface area contributed by atoms with Crippen LogP contribution in [-0.4, -0.2) is 52.7 Å². The first kappa shape index (κ1) is 30.4. The highest BCUT2D eigenvalue weighted by Gasteiger charge is 2.44. The molecule has 2 aliphatic heterocycles. The number of alkyl halides is 6. The minimum absolute atomic E-state index is 0.0172. The molecule has 1 aromatic heterocycles. The van der Waals surface area contributed by atoms with Gasteiger partial charge in [-0.15, -0.1) is 0 Å². The van der Waals surface area contributed by atoms with Gasteiger partial charge in [-0.1, -0.05) is 0 Å². The third-order valence-corrected chi connectivity index (χ3v) is 7.34. The predicted molar refractivity (Wildman–Crippen MR) is 134 cm³/mol. The third kappa shape index (κ3) is 6.84. The van der Waals surface area contributed by atoms with E-state index >= 15 is 0 Å². The monoisotopic (exact) mass is 590 g/mol. The molecule has 0 spiro atoms. The van der Waals surface area contributed by atoms with E-state index in [2.05, 4.69) is 15.2 Å². The maximum atomic E-state index is 13.5. The van der Waals surface area contributed by atoms with E-state index < -0.39 is 52.9 Å². The van der Waals surface area contributed by atoms with Crippen LogP contribution in [0.1, 0.15) is 62.4 Å². The lowest BCUT2D eigenvalue weighted by atomic mass is 9.96. The van der Waals surface area contributed by atoms with Crippen molar-refractivity contribution in [3.63, 3.8) is 0 Å². The molecule has 2 unspecified atom stereocenters. The number of pyridine rings is 1. The normalized spacial score (nSPS) is 21.8. The molecule has 7 nitrogen and oxygen atoms in total. The maximum Gasteiger partial charge on any atom is 0.420 e. The molecule has 2 aliphatic rings. The molecule has 4 rings (SSSR count). The molecular formula is C27H29F7N4O3. The summed E-state index contributed by atoms with van der Waals surface area (Å²) in [5.74, 6) is -2.73. The topological polar surface area (TPSA) is 83.6 Å². The predicted octanol–water partition coefficient (Wildman–Crippen LogP) is 5.39. The van der Waals surface area contributed by atoms with E-state index in [0.29, 0.717) is 24.7 Å². The molecule has 224 valence electrons. The van der Waals surface area contributed by atoms with Crippen LogP contribution in [0.2, 0.25) is 0 Å². The number of aromatic nitrogens is 1. The average molecular weight is 591 g/mol. The smallest absolute Gasteiger partial charge is 0.420 e. The molecule has 2 aromatic rings. The lowest BCUT2D eigenvalue weighted by molar-refractivity contribution is -0.149. The molecule has 0 aliphatic carbocycles. The second-order valence-corrected chi connectivity index (χ2v) is 10.8. The number of anilines is 1. The number of rotatable bonds is 7. The SMILES string of the molecule is C[C@@H](NC(=O)c1ccc(N2C3CCC2CC(NC(=O)C(C)(C)Oc2ccc(F)cc2C(F)(F)F)C3)nc1)C(F)(F)F. The first-order chi connectivity index (χ1) is 19.0. The summed E-state index contributed by atoms with van der Waals surface area (Å²) in [4.78, 5) is 31.6. The largest absolute Gasteiger partial charge is 0.477 e. The van der Waals surface area contributed by atoms with Gasteiger partial charge in [0.25, 0.3) is 11.8 Å². The second-order valence-electron chi connectivity index (χ2n) is 10.8. The number of nitrogens with one attached hydrogen (secondary N) is 2. The van der Waals surface area contributed by atoms with Gasteiger partial charge in [0.05, 0.1) is 5.56 Å². The van der Waals surface area contributed by atoms with E-state index in [4.69, 9.17) is 4.74 Å². The zero-order chi connectivity index (χ0) is 30.3. The van der Waals surface area contributed by atoms with Crippen molar-refractivity contribution in [3.8, 4) is 5.75 Å². The molecule has 2 N–H and O–H groups in total. The van der Waals surface area contributed by atoms with Crippen molar-refractivity contribution in [2.24, 2.45) is 0 Å². The van der Waals surface area contributed by atoms with Crippen molar-refractivity contribution in [1.29, 1.82) is 0 Å². The standard InChI is InChI=1S/C27H29F7N4O3/c1-14(26(29,30)31)36-23(39)15-4-9-22(35-13-15)38-18-6-7-19(38)12-17(11-18)37-24(40)25(2,3)41-21-8-5-16(28)10-20(21)27(32,33)34/h4-5,8-10,13-14,17-19H,6-7,11-12H2,1-3H3,(H,36,39)(H,37,40)/t14-,17?,18?,19?/m1/s1. The molecule has 3 atom stereocenters. The summed E-state index contributed by atoms with van der Waals surface area (Å²) in [5, 5.41) is 4.75. The Labute approximate surface area is 231 Å². The zero-order valence-corrected chi connectivity index (χ0v) is 22.4. The van der Waals surface area contributed by atoms with Crippen LogP contribution in [0.4, 0.5) is 36.6 Å². The molecular weight excluding hydrogens is 561 g/mol. The van der Waals surface area contributed by atoms with E-state index in [9.17, 15) is 40.3 Å². The molecule has 1 aromatic carbocycles. The summed E-state index contributed by atoms with van der Waals surface area (Å²) >= 11 is 0. The fraction of sp³-hybridized carbons (Fsp3) is 0.519. The van der Waals surface area contributed by atoms with Crippen molar-refractivity contribution in [2.45, 2.75) is 88.6 Å². The number of halogens is 7.